The van der Waals surface area contributed by atoms with Gasteiger partial charge in [-0.2, -0.15) is 0 Å². The smallest absolute Gasteiger partial charge is 0.294 e. The minimum Gasteiger partial charge on any atom is -0.362 e. The van der Waals surface area contributed by atoms with Gasteiger partial charge in [0.15, 0.2) is 0 Å². The SMILES string of the molecule is CC(=O)NC(C(=O)N1CCN(c2ccc(Cl)cc2[N+](=O)[O-])CC1)C(C)C. The van der Waals surface area contributed by atoms with Gasteiger partial charge in [0.05, 0.1) is 4.92 Å². The van der Waals surface area contributed by atoms with Crippen molar-refractivity contribution in [2.45, 2.75) is 26.8 Å². The molecule has 9 heteroatoms. The average molecular weight is 383 g/mol. The van der Waals surface area contributed by atoms with Crippen molar-refractivity contribution in [3.8, 4) is 0 Å². The summed E-state index contributed by atoms with van der Waals surface area (Å²) in [6, 6.07) is 4.02. The lowest BCUT2D eigenvalue weighted by molar-refractivity contribution is -0.384. The molecule has 1 aliphatic rings. The second kappa shape index (κ2) is 8.35. The van der Waals surface area contributed by atoms with E-state index in [-0.39, 0.29) is 23.4 Å². The van der Waals surface area contributed by atoms with Crippen molar-refractivity contribution in [1.82, 2.24) is 10.2 Å². The predicted octanol–water partition coefficient (Wildman–Crippen LogP) is 2.06. The van der Waals surface area contributed by atoms with Crippen LogP contribution < -0.4 is 10.2 Å². The molecule has 1 saturated heterocycles. The van der Waals surface area contributed by atoms with Gasteiger partial charge in [0.2, 0.25) is 11.8 Å². The van der Waals surface area contributed by atoms with Crippen LogP contribution >= 0.6 is 11.6 Å². The molecule has 0 saturated carbocycles. The first-order chi connectivity index (χ1) is 12.2. The van der Waals surface area contributed by atoms with Crippen molar-refractivity contribution >= 4 is 34.8 Å². The number of piperazine rings is 1. The number of nitrogens with one attached hydrogen (secondary N) is 1. The first kappa shape index (κ1) is 20.0. The van der Waals surface area contributed by atoms with Crippen LogP contribution in [0.2, 0.25) is 5.02 Å². The number of nitro groups is 1. The van der Waals surface area contributed by atoms with Crippen LogP contribution in [0.4, 0.5) is 11.4 Å². The summed E-state index contributed by atoms with van der Waals surface area (Å²) in [5.74, 6) is -0.394. The molecule has 0 radical (unpaired) electrons. The quantitative estimate of drug-likeness (QED) is 0.621. The van der Waals surface area contributed by atoms with Crippen molar-refractivity contribution in [2.24, 2.45) is 5.92 Å². The van der Waals surface area contributed by atoms with E-state index in [0.29, 0.717) is 36.9 Å². The highest BCUT2D eigenvalue weighted by Gasteiger charge is 2.31. The van der Waals surface area contributed by atoms with Gasteiger partial charge in [-0.3, -0.25) is 19.7 Å². The Bertz CT molecular complexity index is 702. The van der Waals surface area contributed by atoms with E-state index in [1.807, 2.05) is 18.7 Å². The van der Waals surface area contributed by atoms with Gasteiger partial charge >= 0.3 is 0 Å². The van der Waals surface area contributed by atoms with Crippen LogP contribution in [0.15, 0.2) is 18.2 Å². The van der Waals surface area contributed by atoms with E-state index in [9.17, 15) is 19.7 Å². The van der Waals surface area contributed by atoms with Crippen LogP contribution in [0.5, 0.6) is 0 Å². The second-order valence-corrected chi connectivity index (χ2v) is 7.06. The Kier molecular flexibility index (Phi) is 6.42. The van der Waals surface area contributed by atoms with Crippen LogP contribution in [0.1, 0.15) is 20.8 Å². The van der Waals surface area contributed by atoms with Crippen molar-refractivity contribution in [3.05, 3.63) is 33.3 Å². The van der Waals surface area contributed by atoms with Gasteiger partial charge in [-0.25, -0.2) is 0 Å². The zero-order valence-corrected chi connectivity index (χ0v) is 15.8. The molecular formula is C17H23ClN4O4. The minimum atomic E-state index is -0.566. The third-order valence-corrected chi connectivity index (χ3v) is 4.59. The van der Waals surface area contributed by atoms with Gasteiger partial charge in [0.25, 0.3) is 5.69 Å². The normalized spacial score (nSPS) is 15.7. The summed E-state index contributed by atoms with van der Waals surface area (Å²) in [7, 11) is 0. The van der Waals surface area contributed by atoms with E-state index in [1.54, 1.807) is 17.0 Å². The number of hydrogen-bond acceptors (Lipinski definition) is 5. The maximum absolute atomic E-state index is 12.7. The molecule has 1 aromatic rings. The van der Waals surface area contributed by atoms with Gasteiger partial charge in [-0.05, 0) is 18.1 Å². The molecule has 1 aromatic carbocycles. The summed E-state index contributed by atoms with van der Waals surface area (Å²) < 4.78 is 0. The fourth-order valence-electron chi connectivity index (χ4n) is 3.01. The number of nitro benzene ring substituents is 1. The maximum atomic E-state index is 12.7. The lowest BCUT2D eigenvalue weighted by Crippen LogP contribution is -2.56. The summed E-state index contributed by atoms with van der Waals surface area (Å²) in [6.07, 6.45) is 0. The van der Waals surface area contributed by atoms with Gasteiger partial charge in [-0.1, -0.05) is 25.4 Å². The van der Waals surface area contributed by atoms with Crippen molar-refractivity contribution in [1.29, 1.82) is 0 Å². The summed E-state index contributed by atoms with van der Waals surface area (Å²) in [5.41, 5.74) is 0.448. The van der Waals surface area contributed by atoms with Crippen LogP contribution in [0.3, 0.4) is 0 Å². The summed E-state index contributed by atoms with van der Waals surface area (Å²) >= 11 is 5.86. The molecule has 1 fully saturated rings. The number of halogens is 1. The molecule has 2 amide bonds. The molecule has 1 N–H and O–H groups in total. The Labute approximate surface area is 157 Å². The van der Waals surface area contributed by atoms with Crippen molar-refractivity contribution in [2.75, 3.05) is 31.1 Å². The Morgan fingerprint density at radius 1 is 1.23 bits per heavy atom. The molecule has 0 spiro atoms. The van der Waals surface area contributed by atoms with Crippen LogP contribution in [-0.4, -0.2) is 53.9 Å². The average Bonchev–Trinajstić information content (AvgIpc) is 2.58. The third kappa shape index (κ3) is 4.63. The lowest BCUT2D eigenvalue weighted by Gasteiger charge is -2.38. The summed E-state index contributed by atoms with van der Waals surface area (Å²) in [4.78, 5) is 38.4. The predicted molar refractivity (Wildman–Crippen MR) is 99.3 cm³/mol. The highest BCUT2D eigenvalue weighted by Crippen LogP contribution is 2.31. The number of hydrogen-bond donors (Lipinski definition) is 1. The molecule has 26 heavy (non-hydrogen) atoms. The van der Waals surface area contributed by atoms with Crippen LogP contribution in [0, 0.1) is 16.0 Å². The van der Waals surface area contributed by atoms with E-state index in [2.05, 4.69) is 5.32 Å². The van der Waals surface area contributed by atoms with Gasteiger partial charge in [-0.15, -0.1) is 0 Å². The number of carbonyl (C=O) groups excluding carboxylic acids is 2. The Morgan fingerprint density at radius 2 is 1.85 bits per heavy atom. The number of amides is 2. The molecule has 8 nitrogen and oxygen atoms in total. The lowest BCUT2D eigenvalue weighted by atomic mass is 10.0. The summed E-state index contributed by atoms with van der Waals surface area (Å²) in [6.45, 7) is 6.96. The molecule has 0 aliphatic carbocycles. The molecule has 142 valence electrons. The van der Waals surface area contributed by atoms with Crippen LogP contribution in [-0.2, 0) is 9.59 Å². The molecule has 0 bridgehead atoms. The molecule has 1 atom stereocenters. The molecule has 2 rings (SSSR count). The van der Waals surface area contributed by atoms with E-state index in [0.717, 1.165) is 0 Å². The Hall–Kier alpha value is -2.35. The highest BCUT2D eigenvalue weighted by atomic mass is 35.5. The molecule has 1 heterocycles. The third-order valence-electron chi connectivity index (χ3n) is 4.36. The van der Waals surface area contributed by atoms with E-state index in [1.165, 1.54) is 13.0 Å². The number of anilines is 1. The van der Waals surface area contributed by atoms with E-state index in [4.69, 9.17) is 11.6 Å². The van der Waals surface area contributed by atoms with Crippen molar-refractivity contribution in [3.63, 3.8) is 0 Å². The Balaban J connectivity index is 2.08. The number of benzene rings is 1. The zero-order valence-electron chi connectivity index (χ0n) is 15.1. The second-order valence-electron chi connectivity index (χ2n) is 6.62. The fraction of sp³-hybridized carbons (Fsp3) is 0.529. The first-order valence-corrected chi connectivity index (χ1v) is 8.83. The number of rotatable bonds is 5. The summed E-state index contributed by atoms with van der Waals surface area (Å²) in [5, 5.41) is 14.3. The maximum Gasteiger partial charge on any atom is 0.294 e. The van der Waals surface area contributed by atoms with Crippen LogP contribution in [0.25, 0.3) is 0 Å². The monoisotopic (exact) mass is 382 g/mol. The molecular weight excluding hydrogens is 360 g/mol. The topological polar surface area (TPSA) is 95.8 Å². The molecule has 0 aromatic heterocycles. The Morgan fingerprint density at radius 3 is 2.35 bits per heavy atom. The largest absolute Gasteiger partial charge is 0.362 e. The first-order valence-electron chi connectivity index (χ1n) is 8.45. The van der Waals surface area contributed by atoms with E-state index >= 15 is 0 Å². The number of nitrogens with zero attached hydrogens (tertiary/aromatic N) is 3. The van der Waals surface area contributed by atoms with Crippen molar-refractivity contribution < 1.29 is 14.5 Å². The van der Waals surface area contributed by atoms with E-state index < -0.39 is 11.0 Å². The molecule has 1 aliphatic heterocycles. The zero-order chi connectivity index (χ0) is 19.4. The standard InChI is InChI=1S/C17H23ClN4O4/c1-11(2)16(19-12(3)23)17(24)21-8-6-20(7-9-21)14-5-4-13(18)10-15(14)22(25)26/h4-5,10-11,16H,6-9H2,1-3H3,(H,19,23). The van der Waals surface area contributed by atoms with Gasteiger partial charge < -0.3 is 15.1 Å². The van der Waals surface area contributed by atoms with Gasteiger partial charge in [0, 0.05) is 44.2 Å². The molecule has 1 unspecified atom stereocenters. The number of carbonyl (C=O) groups is 2. The van der Waals surface area contributed by atoms with Gasteiger partial charge in [0.1, 0.15) is 11.7 Å². The fourth-order valence-corrected chi connectivity index (χ4v) is 3.17. The highest BCUT2D eigenvalue weighted by molar-refractivity contribution is 6.30. The minimum absolute atomic E-state index is 0.0261.